The fraction of sp³-hybridized carbons (Fsp3) is 1.00. The summed E-state index contributed by atoms with van der Waals surface area (Å²) >= 11 is 0. The Morgan fingerprint density at radius 2 is 1.44 bits per heavy atom. The van der Waals surface area contributed by atoms with E-state index in [9.17, 15) is 0 Å². The molecular formula is C14H26N2. The fourth-order valence-corrected chi connectivity index (χ4v) is 4.07. The highest BCUT2D eigenvalue weighted by Crippen LogP contribution is 2.30. The molecule has 1 N–H and O–H groups in total. The Bertz CT molecular complexity index is 209. The van der Waals surface area contributed by atoms with Crippen LogP contribution in [0.2, 0.25) is 0 Å². The number of hydrogen-bond acceptors (Lipinski definition) is 2. The van der Waals surface area contributed by atoms with Gasteiger partial charge in [-0.05, 0) is 44.2 Å². The average molecular weight is 222 g/mol. The Morgan fingerprint density at radius 3 is 2.06 bits per heavy atom. The zero-order valence-electron chi connectivity index (χ0n) is 10.5. The van der Waals surface area contributed by atoms with Crippen molar-refractivity contribution in [1.82, 2.24) is 10.2 Å². The number of hydrogen-bond donors (Lipinski definition) is 1. The number of nitrogens with one attached hydrogen (secondary N) is 1. The van der Waals surface area contributed by atoms with E-state index in [1.54, 1.807) is 0 Å². The number of rotatable bonds is 1. The van der Waals surface area contributed by atoms with E-state index in [0.29, 0.717) is 0 Å². The van der Waals surface area contributed by atoms with Gasteiger partial charge in [0.05, 0.1) is 0 Å². The Balaban J connectivity index is 1.60. The third-order valence-corrected chi connectivity index (χ3v) is 4.86. The van der Waals surface area contributed by atoms with Crippen LogP contribution in [0.3, 0.4) is 0 Å². The summed E-state index contributed by atoms with van der Waals surface area (Å²) < 4.78 is 0. The minimum absolute atomic E-state index is 0.936. The van der Waals surface area contributed by atoms with Gasteiger partial charge in [-0.25, -0.2) is 0 Å². The van der Waals surface area contributed by atoms with Crippen LogP contribution in [0, 0.1) is 11.8 Å². The van der Waals surface area contributed by atoms with Crippen molar-refractivity contribution in [3.05, 3.63) is 0 Å². The van der Waals surface area contributed by atoms with Crippen molar-refractivity contribution in [2.75, 3.05) is 26.2 Å². The third kappa shape index (κ3) is 2.43. The highest BCUT2D eigenvalue weighted by molar-refractivity contribution is 4.88. The standard InChI is InChI=1S/C14H26N2/c1-2-4-6-14(5-3-1)16-10-12-7-13(11-16)9-15-8-12/h12-15H,1-11H2. The summed E-state index contributed by atoms with van der Waals surface area (Å²) in [6, 6.07) is 0.936. The van der Waals surface area contributed by atoms with Gasteiger partial charge >= 0.3 is 0 Å². The zero-order valence-corrected chi connectivity index (χ0v) is 10.5. The summed E-state index contributed by atoms with van der Waals surface area (Å²) in [7, 11) is 0. The van der Waals surface area contributed by atoms with Crippen molar-refractivity contribution < 1.29 is 0 Å². The van der Waals surface area contributed by atoms with Crippen LogP contribution in [-0.4, -0.2) is 37.1 Å². The molecule has 1 aliphatic carbocycles. The van der Waals surface area contributed by atoms with E-state index < -0.39 is 0 Å². The van der Waals surface area contributed by atoms with Crippen LogP contribution in [0.4, 0.5) is 0 Å². The molecule has 3 aliphatic rings. The van der Waals surface area contributed by atoms with Gasteiger partial charge in [-0.1, -0.05) is 25.7 Å². The maximum absolute atomic E-state index is 3.60. The van der Waals surface area contributed by atoms with E-state index in [1.165, 1.54) is 71.1 Å². The van der Waals surface area contributed by atoms with Crippen LogP contribution in [-0.2, 0) is 0 Å². The Kier molecular flexibility index (Phi) is 3.49. The normalized spacial score (nSPS) is 38.2. The predicted molar refractivity (Wildman–Crippen MR) is 67.5 cm³/mol. The van der Waals surface area contributed by atoms with Gasteiger partial charge < -0.3 is 5.32 Å². The minimum atomic E-state index is 0.936. The molecule has 0 amide bonds. The van der Waals surface area contributed by atoms with Gasteiger partial charge in [-0.2, -0.15) is 0 Å². The first-order valence-electron chi connectivity index (χ1n) is 7.36. The van der Waals surface area contributed by atoms with Gasteiger partial charge in [0.2, 0.25) is 0 Å². The molecule has 2 saturated heterocycles. The van der Waals surface area contributed by atoms with E-state index in [1.807, 2.05) is 0 Å². The van der Waals surface area contributed by atoms with Gasteiger partial charge in [0, 0.05) is 19.1 Å². The molecule has 16 heavy (non-hydrogen) atoms. The smallest absolute Gasteiger partial charge is 0.00955 e. The van der Waals surface area contributed by atoms with Crippen molar-refractivity contribution in [3.8, 4) is 0 Å². The summed E-state index contributed by atoms with van der Waals surface area (Å²) in [5.74, 6) is 1.91. The average Bonchev–Trinajstić information content (AvgIpc) is 2.57. The van der Waals surface area contributed by atoms with Crippen LogP contribution < -0.4 is 5.32 Å². The second-order valence-electron chi connectivity index (χ2n) is 6.23. The van der Waals surface area contributed by atoms with Gasteiger partial charge in [-0.3, -0.25) is 4.90 Å². The highest BCUT2D eigenvalue weighted by atomic mass is 15.2. The third-order valence-electron chi connectivity index (χ3n) is 4.86. The van der Waals surface area contributed by atoms with Gasteiger partial charge in [-0.15, -0.1) is 0 Å². The van der Waals surface area contributed by atoms with Crippen LogP contribution in [0.15, 0.2) is 0 Å². The van der Waals surface area contributed by atoms with E-state index in [0.717, 1.165) is 17.9 Å². The van der Waals surface area contributed by atoms with Crippen molar-refractivity contribution >= 4 is 0 Å². The molecule has 2 heteroatoms. The van der Waals surface area contributed by atoms with Gasteiger partial charge in [0.25, 0.3) is 0 Å². The molecule has 0 aromatic carbocycles. The molecule has 2 aliphatic heterocycles. The molecule has 0 aromatic rings. The largest absolute Gasteiger partial charge is 0.316 e. The summed E-state index contributed by atoms with van der Waals surface area (Å²) in [6.07, 6.45) is 10.4. The van der Waals surface area contributed by atoms with Crippen molar-refractivity contribution in [3.63, 3.8) is 0 Å². The lowest BCUT2D eigenvalue weighted by molar-refractivity contribution is 0.0564. The van der Waals surface area contributed by atoms with Crippen LogP contribution in [0.25, 0.3) is 0 Å². The van der Waals surface area contributed by atoms with E-state index >= 15 is 0 Å². The SMILES string of the molecule is C1CCCC(N2CC3CNCC(C3)C2)CC1. The zero-order chi connectivity index (χ0) is 10.8. The molecule has 3 rings (SSSR count). The van der Waals surface area contributed by atoms with E-state index in [-0.39, 0.29) is 0 Å². The Morgan fingerprint density at radius 1 is 0.812 bits per heavy atom. The molecule has 92 valence electrons. The van der Waals surface area contributed by atoms with Gasteiger partial charge in [0.1, 0.15) is 0 Å². The van der Waals surface area contributed by atoms with E-state index in [2.05, 4.69) is 10.2 Å². The molecule has 2 bridgehead atoms. The molecular weight excluding hydrogens is 196 g/mol. The lowest BCUT2D eigenvalue weighted by atomic mass is 9.84. The van der Waals surface area contributed by atoms with Gasteiger partial charge in [0.15, 0.2) is 0 Å². The van der Waals surface area contributed by atoms with Crippen LogP contribution in [0.1, 0.15) is 44.9 Å². The Labute approximate surface area is 99.8 Å². The van der Waals surface area contributed by atoms with Crippen LogP contribution >= 0.6 is 0 Å². The molecule has 2 unspecified atom stereocenters. The molecule has 2 atom stereocenters. The van der Waals surface area contributed by atoms with Crippen LogP contribution in [0.5, 0.6) is 0 Å². The molecule has 2 heterocycles. The molecule has 1 saturated carbocycles. The summed E-state index contributed by atoms with van der Waals surface area (Å²) in [6.45, 7) is 5.32. The molecule has 2 nitrogen and oxygen atoms in total. The monoisotopic (exact) mass is 222 g/mol. The van der Waals surface area contributed by atoms with Crippen molar-refractivity contribution in [2.24, 2.45) is 11.8 Å². The fourth-order valence-electron chi connectivity index (χ4n) is 4.07. The number of piperidine rings is 2. The Hall–Kier alpha value is -0.0800. The number of likely N-dealkylation sites (tertiary alicyclic amines) is 1. The topological polar surface area (TPSA) is 15.3 Å². The summed E-state index contributed by atoms with van der Waals surface area (Å²) in [5.41, 5.74) is 0. The maximum atomic E-state index is 3.60. The first kappa shape index (κ1) is 11.0. The van der Waals surface area contributed by atoms with Crippen molar-refractivity contribution in [2.45, 2.75) is 51.0 Å². The highest BCUT2D eigenvalue weighted by Gasteiger charge is 2.33. The predicted octanol–water partition coefficient (Wildman–Crippen LogP) is 2.25. The minimum Gasteiger partial charge on any atom is -0.316 e. The van der Waals surface area contributed by atoms with E-state index in [4.69, 9.17) is 0 Å². The molecule has 3 fully saturated rings. The maximum Gasteiger partial charge on any atom is 0.00955 e. The first-order chi connectivity index (χ1) is 7.92. The second kappa shape index (κ2) is 5.05. The number of fused-ring (bicyclic) bond motifs is 2. The molecule has 0 radical (unpaired) electrons. The lowest BCUT2D eigenvalue weighted by Gasteiger charge is -2.45. The van der Waals surface area contributed by atoms with Crippen molar-refractivity contribution in [1.29, 1.82) is 0 Å². The molecule has 0 spiro atoms. The second-order valence-corrected chi connectivity index (χ2v) is 6.23. The lowest BCUT2D eigenvalue weighted by Crippen LogP contribution is -2.53. The quantitative estimate of drug-likeness (QED) is 0.685. The molecule has 0 aromatic heterocycles. The first-order valence-corrected chi connectivity index (χ1v) is 7.36. The summed E-state index contributed by atoms with van der Waals surface area (Å²) in [4.78, 5) is 2.85. The summed E-state index contributed by atoms with van der Waals surface area (Å²) in [5, 5.41) is 3.60. The number of nitrogens with zero attached hydrogens (tertiary/aromatic N) is 1.